The topological polar surface area (TPSA) is 0 Å². The molecule has 0 nitrogen and oxygen atoms in total. The van der Waals surface area contributed by atoms with Gasteiger partial charge < -0.3 is 0 Å². The highest BCUT2D eigenvalue weighted by atomic mass is 14.8. The van der Waals surface area contributed by atoms with Crippen LogP contribution in [0.3, 0.4) is 0 Å². The van der Waals surface area contributed by atoms with Gasteiger partial charge in [0, 0.05) is 16.2 Å². The van der Waals surface area contributed by atoms with E-state index in [-0.39, 0.29) is 43.3 Å². The molecular formula is C55H84. The van der Waals surface area contributed by atoms with E-state index in [1.165, 1.54) is 22.3 Å². The Hall–Kier alpha value is -2.60. The van der Waals surface area contributed by atoms with E-state index >= 15 is 0 Å². The third-order valence-electron chi connectivity index (χ3n) is 13.1. The van der Waals surface area contributed by atoms with E-state index in [2.05, 4.69) is 239 Å². The van der Waals surface area contributed by atoms with Crippen LogP contribution in [-0.2, 0) is 5.41 Å². The lowest BCUT2D eigenvalue weighted by molar-refractivity contribution is -0.0323. The van der Waals surface area contributed by atoms with Crippen molar-refractivity contribution in [2.45, 2.75) is 172 Å². The molecule has 304 valence electrons. The number of rotatable bonds is 4. The molecule has 0 N–H and O–H groups in total. The standard InChI is InChI=1S/C55H84/c1-45(2,3)39-35-53(51(19,20)21,43(49(13,14)15)41(39)47(7,8)9)55(37-31-27-25-28-32-37,38-33-29-26-30-34-38)54(52(22,23)24)36-40(46(4,5)6)42(48(10,11)12)44(54)50(16,17)18/h25-36H,1-24H3. The first kappa shape index (κ1) is 45.1. The highest BCUT2D eigenvalue weighted by Gasteiger charge is 2.76. The van der Waals surface area contributed by atoms with Crippen molar-refractivity contribution in [2.24, 2.45) is 54.1 Å². The zero-order valence-corrected chi connectivity index (χ0v) is 40.4. The number of allylic oxidation sites excluding steroid dienone is 8. The number of hydrogen-bond donors (Lipinski definition) is 0. The first-order valence-corrected chi connectivity index (χ1v) is 21.5. The van der Waals surface area contributed by atoms with Crippen LogP contribution >= 0.6 is 0 Å². The largest absolute Gasteiger partial charge is 0.0684 e. The molecule has 0 aliphatic heterocycles. The Morgan fingerprint density at radius 2 is 0.564 bits per heavy atom. The van der Waals surface area contributed by atoms with Crippen molar-refractivity contribution in [2.75, 3.05) is 0 Å². The Morgan fingerprint density at radius 3 is 0.745 bits per heavy atom. The van der Waals surface area contributed by atoms with E-state index in [0.29, 0.717) is 0 Å². The Kier molecular flexibility index (Phi) is 10.8. The first-order valence-electron chi connectivity index (χ1n) is 21.5. The van der Waals surface area contributed by atoms with Crippen LogP contribution in [0, 0.1) is 54.1 Å². The molecule has 0 amide bonds. The van der Waals surface area contributed by atoms with Crippen molar-refractivity contribution in [3.05, 3.63) is 117 Å². The van der Waals surface area contributed by atoms with Crippen LogP contribution in [0.25, 0.3) is 0 Å². The molecule has 4 rings (SSSR count). The predicted molar refractivity (Wildman–Crippen MR) is 244 cm³/mol. The van der Waals surface area contributed by atoms with Gasteiger partial charge in [-0.15, -0.1) is 0 Å². The average molecular weight is 745 g/mol. The van der Waals surface area contributed by atoms with Crippen LogP contribution in [0.5, 0.6) is 0 Å². The summed E-state index contributed by atoms with van der Waals surface area (Å²) >= 11 is 0. The Bertz CT molecular complexity index is 1720. The van der Waals surface area contributed by atoms with E-state index in [4.69, 9.17) is 0 Å². The van der Waals surface area contributed by atoms with E-state index in [9.17, 15) is 0 Å². The normalized spacial score (nSPS) is 22.8. The summed E-state index contributed by atoms with van der Waals surface area (Å²) in [6.07, 6.45) is 5.78. The predicted octanol–water partition coefficient (Wildman–Crippen LogP) is 16.8. The van der Waals surface area contributed by atoms with Crippen molar-refractivity contribution >= 4 is 0 Å². The molecular weight excluding hydrogens is 661 g/mol. The zero-order valence-electron chi connectivity index (χ0n) is 40.4. The summed E-state index contributed by atoms with van der Waals surface area (Å²) in [5.41, 5.74) is 9.35. The maximum atomic E-state index is 2.89. The molecule has 0 saturated heterocycles. The summed E-state index contributed by atoms with van der Waals surface area (Å²) in [7, 11) is 0. The summed E-state index contributed by atoms with van der Waals surface area (Å²) < 4.78 is 0. The van der Waals surface area contributed by atoms with Gasteiger partial charge in [0.1, 0.15) is 0 Å². The van der Waals surface area contributed by atoms with Crippen LogP contribution in [-0.4, -0.2) is 0 Å². The van der Waals surface area contributed by atoms with Crippen molar-refractivity contribution in [3.63, 3.8) is 0 Å². The monoisotopic (exact) mass is 745 g/mol. The minimum absolute atomic E-state index is 0.0819. The van der Waals surface area contributed by atoms with Gasteiger partial charge in [-0.3, -0.25) is 0 Å². The number of hydrogen-bond acceptors (Lipinski definition) is 0. The van der Waals surface area contributed by atoms with Crippen molar-refractivity contribution in [1.29, 1.82) is 0 Å². The van der Waals surface area contributed by atoms with E-state index < -0.39 is 16.2 Å². The van der Waals surface area contributed by atoms with Crippen LogP contribution < -0.4 is 0 Å². The van der Waals surface area contributed by atoms with Gasteiger partial charge in [-0.2, -0.15) is 0 Å². The van der Waals surface area contributed by atoms with Gasteiger partial charge in [0.15, 0.2) is 0 Å². The molecule has 0 radical (unpaired) electrons. The van der Waals surface area contributed by atoms with Crippen LogP contribution in [0.2, 0.25) is 0 Å². The van der Waals surface area contributed by atoms with Crippen molar-refractivity contribution < 1.29 is 0 Å². The SMILES string of the molecule is CC(C)(C)C1=CC(C(C)(C)C)(C(c2ccccc2)(c2ccccc2)C2(C(C)(C)C)C=C(C(C)(C)C)C(C(C)(C)C)=C2C(C)(C)C)C(C(C)(C)C)=C1C(C)(C)C. The average Bonchev–Trinajstić information content (AvgIpc) is 3.57. The molecule has 2 unspecified atom stereocenters. The van der Waals surface area contributed by atoms with E-state index in [1.54, 1.807) is 22.3 Å². The second kappa shape index (κ2) is 13.2. The quantitative estimate of drug-likeness (QED) is 0.292. The Balaban J connectivity index is 2.77. The van der Waals surface area contributed by atoms with Gasteiger partial charge in [-0.05, 0) is 87.9 Å². The molecule has 0 heterocycles. The minimum atomic E-state index is -0.614. The molecule has 0 fully saturated rings. The van der Waals surface area contributed by atoms with Gasteiger partial charge in [0.2, 0.25) is 0 Å². The summed E-state index contributed by atoms with van der Waals surface area (Å²) in [5, 5.41) is 0. The number of benzene rings is 2. The minimum Gasteiger partial charge on any atom is -0.0684 e. The van der Waals surface area contributed by atoms with Gasteiger partial charge in [-0.25, -0.2) is 0 Å². The second-order valence-electron chi connectivity index (χ2n) is 25.7. The van der Waals surface area contributed by atoms with E-state index in [0.717, 1.165) is 0 Å². The van der Waals surface area contributed by atoms with Gasteiger partial charge in [0.25, 0.3) is 0 Å². The Morgan fingerprint density at radius 1 is 0.309 bits per heavy atom. The van der Waals surface area contributed by atoms with Crippen LogP contribution in [0.4, 0.5) is 0 Å². The highest BCUT2D eigenvalue weighted by Crippen LogP contribution is 2.81. The van der Waals surface area contributed by atoms with Crippen molar-refractivity contribution in [3.8, 4) is 0 Å². The lowest BCUT2D eigenvalue weighted by Crippen LogP contribution is -2.67. The molecule has 2 aromatic rings. The molecule has 2 atom stereocenters. The highest BCUT2D eigenvalue weighted by molar-refractivity contribution is 5.70. The lowest BCUT2D eigenvalue weighted by atomic mass is 9.32. The summed E-state index contributed by atoms with van der Waals surface area (Å²) in [6.45, 7) is 60.2. The molecule has 0 spiro atoms. The molecule has 0 aromatic heterocycles. The van der Waals surface area contributed by atoms with Crippen molar-refractivity contribution in [1.82, 2.24) is 0 Å². The fourth-order valence-corrected chi connectivity index (χ4v) is 11.7. The summed E-state index contributed by atoms with van der Waals surface area (Å²) in [6, 6.07) is 23.8. The van der Waals surface area contributed by atoms with E-state index in [1.807, 2.05) is 0 Å². The third-order valence-corrected chi connectivity index (χ3v) is 13.1. The molecule has 2 aliphatic rings. The van der Waals surface area contributed by atoms with Gasteiger partial charge in [-0.1, -0.05) is 239 Å². The summed E-state index contributed by atoms with van der Waals surface area (Å²) in [5.74, 6) is 0. The molecule has 2 aromatic carbocycles. The fourth-order valence-electron chi connectivity index (χ4n) is 11.7. The van der Waals surface area contributed by atoms with Crippen LogP contribution in [0.15, 0.2) is 106 Å². The molecule has 0 bridgehead atoms. The third kappa shape index (κ3) is 6.84. The molecule has 0 heteroatoms. The molecule has 55 heavy (non-hydrogen) atoms. The maximum Gasteiger partial charge on any atom is 0.0469 e. The summed E-state index contributed by atoms with van der Waals surface area (Å²) in [4.78, 5) is 0. The van der Waals surface area contributed by atoms with Gasteiger partial charge in [0.05, 0.1) is 0 Å². The smallest absolute Gasteiger partial charge is 0.0469 e. The molecule has 2 aliphatic carbocycles. The zero-order chi connectivity index (χ0) is 42.6. The lowest BCUT2D eigenvalue weighted by Gasteiger charge is -2.69. The first-order chi connectivity index (χ1) is 24.4. The maximum absolute atomic E-state index is 2.89. The van der Waals surface area contributed by atoms with Crippen LogP contribution in [0.1, 0.15) is 177 Å². The fraction of sp³-hybridized carbons (Fsp3) is 0.636. The van der Waals surface area contributed by atoms with Gasteiger partial charge >= 0.3 is 0 Å². The molecule has 0 saturated carbocycles. The second-order valence-corrected chi connectivity index (χ2v) is 25.7. The Labute approximate surface area is 341 Å².